The van der Waals surface area contributed by atoms with Gasteiger partial charge in [-0.2, -0.15) is 9.61 Å². The van der Waals surface area contributed by atoms with Gasteiger partial charge in [0.15, 0.2) is 5.82 Å². The lowest BCUT2D eigenvalue weighted by molar-refractivity contribution is 0.583. The summed E-state index contributed by atoms with van der Waals surface area (Å²) in [6, 6.07) is 4.27. The van der Waals surface area contributed by atoms with Crippen molar-refractivity contribution >= 4 is 16.3 Å². The zero-order valence-electron chi connectivity index (χ0n) is 10.7. The van der Waals surface area contributed by atoms with Gasteiger partial charge in [0.2, 0.25) is 4.96 Å². The highest BCUT2D eigenvalue weighted by Crippen LogP contribution is 2.20. The van der Waals surface area contributed by atoms with Crippen LogP contribution in [0.2, 0.25) is 0 Å². The minimum atomic E-state index is 0.437. The van der Waals surface area contributed by atoms with Gasteiger partial charge in [0.05, 0.1) is 0 Å². The van der Waals surface area contributed by atoms with Gasteiger partial charge in [0.1, 0.15) is 5.01 Å². The fourth-order valence-corrected chi connectivity index (χ4v) is 2.48. The van der Waals surface area contributed by atoms with Crippen molar-refractivity contribution in [2.45, 2.75) is 26.4 Å². The molecule has 0 aliphatic carbocycles. The van der Waals surface area contributed by atoms with Crippen molar-refractivity contribution in [2.75, 3.05) is 0 Å². The Hall–Kier alpha value is -1.86. The number of hydrogen-bond donors (Lipinski definition) is 1. The molecular formula is C12H14N6S. The van der Waals surface area contributed by atoms with E-state index in [1.54, 1.807) is 28.2 Å². The molecule has 0 aromatic carbocycles. The lowest BCUT2D eigenvalue weighted by Gasteiger charge is -2.03. The third kappa shape index (κ3) is 2.47. The normalized spacial score (nSPS) is 11.5. The Balaban J connectivity index is 1.94. The Morgan fingerprint density at radius 2 is 2.26 bits per heavy atom. The molecule has 0 aliphatic heterocycles. The first-order valence-corrected chi connectivity index (χ1v) is 6.90. The number of hydrogen-bond acceptors (Lipinski definition) is 6. The van der Waals surface area contributed by atoms with Crippen LogP contribution in [-0.4, -0.2) is 30.8 Å². The average molecular weight is 274 g/mol. The van der Waals surface area contributed by atoms with E-state index in [1.165, 1.54) is 0 Å². The fraction of sp³-hybridized carbons (Fsp3) is 0.333. The summed E-state index contributed by atoms with van der Waals surface area (Å²) in [4.78, 5) is 4.90. The minimum absolute atomic E-state index is 0.437. The van der Waals surface area contributed by atoms with Crippen molar-refractivity contribution < 1.29 is 0 Å². The Kier molecular flexibility index (Phi) is 3.22. The van der Waals surface area contributed by atoms with E-state index in [0.29, 0.717) is 6.04 Å². The molecule has 0 unspecified atom stereocenters. The Labute approximate surface area is 114 Å². The van der Waals surface area contributed by atoms with E-state index in [0.717, 1.165) is 27.9 Å². The van der Waals surface area contributed by atoms with Gasteiger partial charge in [-0.3, -0.25) is 4.98 Å². The van der Waals surface area contributed by atoms with Crippen LogP contribution in [0.25, 0.3) is 16.3 Å². The SMILES string of the molecule is CC(C)NCc1nn2c(-c3cccnc3)nnc2s1. The van der Waals surface area contributed by atoms with Crippen LogP contribution in [0.3, 0.4) is 0 Å². The van der Waals surface area contributed by atoms with Gasteiger partial charge in [0.25, 0.3) is 0 Å². The zero-order chi connectivity index (χ0) is 13.2. The molecule has 0 bridgehead atoms. The summed E-state index contributed by atoms with van der Waals surface area (Å²) >= 11 is 1.55. The molecule has 0 fully saturated rings. The molecule has 0 atom stereocenters. The summed E-state index contributed by atoms with van der Waals surface area (Å²) in [6.07, 6.45) is 3.50. The summed E-state index contributed by atoms with van der Waals surface area (Å²) in [5.41, 5.74) is 0.920. The van der Waals surface area contributed by atoms with E-state index >= 15 is 0 Å². The van der Waals surface area contributed by atoms with Crippen LogP contribution in [0.5, 0.6) is 0 Å². The zero-order valence-corrected chi connectivity index (χ0v) is 11.6. The molecule has 3 aromatic heterocycles. The largest absolute Gasteiger partial charge is 0.308 e. The predicted octanol–water partition coefficient (Wildman–Crippen LogP) is 1.75. The minimum Gasteiger partial charge on any atom is -0.308 e. The standard InChI is InChI=1S/C12H14N6S/c1-8(2)14-7-10-17-18-11(15-16-12(18)19-10)9-4-3-5-13-6-9/h3-6,8,14H,7H2,1-2H3. The van der Waals surface area contributed by atoms with E-state index in [-0.39, 0.29) is 0 Å². The van der Waals surface area contributed by atoms with Crippen molar-refractivity contribution in [3.05, 3.63) is 29.5 Å². The van der Waals surface area contributed by atoms with Crippen LogP contribution >= 0.6 is 11.3 Å². The molecule has 98 valence electrons. The quantitative estimate of drug-likeness (QED) is 0.785. The first-order chi connectivity index (χ1) is 9.24. The summed E-state index contributed by atoms with van der Waals surface area (Å²) in [6.45, 7) is 4.97. The van der Waals surface area contributed by atoms with Crippen LogP contribution in [0.4, 0.5) is 0 Å². The number of fused-ring (bicyclic) bond motifs is 1. The van der Waals surface area contributed by atoms with Crippen molar-refractivity contribution in [3.63, 3.8) is 0 Å². The van der Waals surface area contributed by atoms with Gasteiger partial charge in [-0.1, -0.05) is 25.2 Å². The van der Waals surface area contributed by atoms with Gasteiger partial charge in [-0.15, -0.1) is 10.2 Å². The highest BCUT2D eigenvalue weighted by atomic mass is 32.1. The van der Waals surface area contributed by atoms with Gasteiger partial charge in [-0.05, 0) is 12.1 Å². The fourth-order valence-electron chi connectivity index (χ4n) is 1.69. The number of nitrogens with zero attached hydrogens (tertiary/aromatic N) is 5. The van der Waals surface area contributed by atoms with E-state index < -0.39 is 0 Å². The van der Waals surface area contributed by atoms with Crippen LogP contribution in [0, 0.1) is 0 Å². The summed E-state index contributed by atoms with van der Waals surface area (Å²) < 4.78 is 1.78. The number of nitrogens with one attached hydrogen (secondary N) is 1. The first kappa shape index (κ1) is 12.2. The molecular weight excluding hydrogens is 260 g/mol. The second-order valence-corrected chi connectivity index (χ2v) is 5.53. The van der Waals surface area contributed by atoms with Crippen molar-refractivity contribution in [3.8, 4) is 11.4 Å². The van der Waals surface area contributed by atoms with E-state index in [1.807, 2.05) is 12.1 Å². The summed E-state index contributed by atoms with van der Waals surface area (Å²) in [7, 11) is 0. The number of aromatic nitrogens is 5. The van der Waals surface area contributed by atoms with E-state index in [4.69, 9.17) is 0 Å². The lowest BCUT2D eigenvalue weighted by atomic mass is 10.3. The van der Waals surface area contributed by atoms with E-state index in [2.05, 4.69) is 39.4 Å². The average Bonchev–Trinajstić information content (AvgIpc) is 2.96. The Bertz CT molecular complexity index is 672. The van der Waals surface area contributed by atoms with Gasteiger partial charge in [0, 0.05) is 30.5 Å². The van der Waals surface area contributed by atoms with Crippen LogP contribution in [0.1, 0.15) is 18.9 Å². The van der Waals surface area contributed by atoms with Gasteiger partial charge in [-0.25, -0.2) is 0 Å². The molecule has 0 saturated heterocycles. The molecule has 0 amide bonds. The maximum Gasteiger partial charge on any atom is 0.235 e. The molecule has 3 aromatic rings. The van der Waals surface area contributed by atoms with Crippen LogP contribution in [0.15, 0.2) is 24.5 Å². The molecule has 3 rings (SSSR count). The number of rotatable bonds is 4. The highest BCUT2D eigenvalue weighted by Gasteiger charge is 2.13. The number of pyridine rings is 1. The smallest absolute Gasteiger partial charge is 0.235 e. The molecule has 0 radical (unpaired) electrons. The van der Waals surface area contributed by atoms with Crippen molar-refractivity contribution in [1.29, 1.82) is 0 Å². The second-order valence-electron chi connectivity index (χ2n) is 4.49. The lowest BCUT2D eigenvalue weighted by Crippen LogP contribution is -2.21. The van der Waals surface area contributed by atoms with Crippen molar-refractivity contribution in [2.24, 2.45) is 0 Å². The Morgan fingerprint density at radius 1 is 1.37 bits per heavy atom. The summed E-state index contributed by atoms with van der Waals surface area (Å²) in [5.74, 6) is 0.732. The summed E-state index contributed by atoms with van der Waals surface area (Å²) in [5, 5.41) is 17.2. The van der Waals surface area contributed by atoms with Crippen LogP contribution in [-0.2, 0) is 6.54 Å². The van der Waals surface area contributed by atoms with Crippen LogP contribution < -0.4 is 5.32 Å². The van der Waals surface area contributed by atoms with Gasteiger partial charge >= 0.3 is 0 Å². The third-order valence-electron chi connectivity index (χ3n) is 2.61. The molecule has 0 spiro atoms. The maximum atomic E-state index is 4.54. The monoisotopic (exact) mass is 274 g/mol. The maximum absolute atomic E-state index is 4.54. The van der Waals surface area contributed by atoms with Crippen molar-refractivity contribution in [1.82, 2.24) is 30.1 Å². The molecule has 1 N–H and O–H groups in total. The topological polar surface area (TPSA) is 68.0 Å². The predicted molar refractivity (Wildman–Crippen MR) is 73.9 cm³/mol. The Morgan fingerprint density at radius 3 is 3.00 bits per heavy atom. The molecule has 6 nitrogen and oxygen atoms in total. The third-order valence-corrected chi connectivity index (χ3v) is 3.51. The van der Waals surface area contributed by atoms with Gasteiger partial charge < -0.3 is 5.32 Å². The molecule has 7 heteroatoms. The first-order valence-electron chi connectivity index (χ1n) is 6.09. The second kappa shape index (κ2) is 5.02. The molecule has 0 saturated carbocycles. The molecule has 3 heterocycles. The van der Waals surface area contributed by atoms with E-state index in [9.17, 15) is 0 Å². The molecule has 19 heavy (non-hydrogen) atoms. The molecule has 0 aliphatic rings. The highest BCUT2D eigenvalue weighted by molar-refractivity contribution is 7.16.